The van der Waals surface area contributed by atoms with Gasteiger partial charge in [0.2, 0.25) is 0 Å². The molecular formula is C16H24N4O3. The first-order valence-corrected chi connectivity index (χ1v) is 8.27. The largest absolute Gasteiger partial charge is 0.481 e. The topological polar surface area (TPSA) is 89.8 Å². The van der Waals surface area contributed by atoms with E-state index in [1.165, 1.54) is 0 Å². The molecule has 2 saturated heterocycles. The zero-order chi connectivity index (χ0) is 16.4. The highest BCUT2D eigenvalue weighted by molar-refractivity contribution is 5.70. The molecule has 0 amide bonds. The van der Waals surface area contributed by atoms with E-state index in [0.717, 1.165) is 31.1 Å². The Kier molecular flexibility index (Phi) is 4.66. The van der Waals surface area contributed by atoms with Crippen LogP contribution in [0.15, 0.2) is 12.4 Å². The number of aromatic nitrogens is 2. The normalized spacial score (nSPS) is 24.0. The van der Waals surface area contributed by atoms with Crippen LogP contribution < -0.4 is 9.80 Å². The van der Waals surface area contributed by atoms with E-state index >= 15 is 0 Å². The second-order valence-electron chi connectivity index (χ2n) is 6.57. The number of piperidine rings is 1. The molecule has 2 aliphatic heterocycles. The van der Waals surface area contributed by atoms with Gasteiger partial charge in [-0.2, -0.15) is 0 Å². The average Bonchev–Trinajstić information content (AvgIpc) is 3.05. The number of aliphatic hydroxyl groups excluding tert-OH is 1. The fourth-order valence-corrected chi connectivity index (χ4v) is 3.43. The Bertz CT molecular complexity index is 558. The first-order chi connectivity index (χ1) is 11.0. The van der Waals surface area contributed by atoms with Crippen LogP contribution in [0.4, 0.5) is 11.6 Å². The molecule has 0 bridgehead atoms. The lowest BCUT2D eigenvalue weighted by atomic mass is 9.97. The summed E-state index contributed by atoms with van der Waals surface area (Å²) in [5.41, 5.74) is 0. The highest BCUT2D eigenvalue weighted by Crippen LogP contribution is 2.27. The number of carbonyl (C=O) groups is 1. The lowest BCUT2D eigenvalue weighted by Gasteiger charge is -2.31. The molecule has 2 aliphatic rings. The van der Waals surface area contributed by atoms with Gasteiger partial charge in [0.1, 0.15) is 18.0 Å². The Morgan fingerprint density at radius 3 is 2.35 bits per heavy atom. The van der Waals surface area contributed by atoms with Crippen LogP contribution >= 0.6 is 0 Å². The molecule has 7 nitrogen and oxygen atoms in total. The van der Waals surface area contributed by atoms with Crippen molar-refractivity contribution in [2.45, 2.75) is 32.3 Å². The summed E-state index contributed by atoms with van der Waals surface area (Å²) < 4.78 is 0. The van der Waals surface area contributed by atoms with Crippen molar-refractivity contribution in [3.63, 3.8) is 0 Å². The summed E-state index contributed by atoms with van der Waals surface area (Å²) in [5, 5.41) is 18.8. The predicted octanol–water partition coefficient (Wildman–Crippen LogP) is 0.985. The maximum absolute atomic E-state index is 11.0. The minimum Gasteiger partial charge on any atom is -0.481 e. The summed E-state index contributed by atoms with van der Waals surface area (Å²) in [6, 6.07) is 1.98. The Morgan fingerprint density at radius 2 is 1.78 bits per heavy atom. The molecule has 2 N–H and O–H groups in total. The maximum Gasteiger partial charge on any atom is 0.306 e. The molecule has 2 unspecified atom stereocenters. The molecule has 0 spiro atoms. The number of aliphatic carboxylic acids is 1. The molecule has 2 fully saturated rings. The van der Waals surface area contributed by atoms with Crippen molar-refractivity contribution in [1.29, 1.82) is 0 Å². The highest BCUT2D eigenvalue weighted by atomic mass is 16.4. The zero-order valence-electron chi connectivity index (χ0n) is 13.4. The molecule has 1 aromatic heterocycles. The van der Waals surface area contributed by atoms with E-state index in [1.807, 2.05) is 13.0 Å². The third kappa shape index (κ3) is 3.55. The first-order valence-electron chi connectivity index (χ1n) is 8.27. The summed E-state index contributed by atoms with van der Waals surface area (Å²) in [6.45, 7) is 4.97. The molecule has 2 atom stereocenters. The standard InChI is InChI=1S/C16H24N4O3/c1-11(21)13-4-7-20(9-13)15-8-14(17-10-18-15)19-5-2-12(3-6-19)16(22)23/h8,10-13,21H,2-7,9H2,1H3,(H,22,23). The molecule has 0 aromatic carbocycles. The Labute approximate surface area is 136 Å². The van der Waals surface area contributed by atoms with Gasteiger partial charge in [-0.3, -0.25) is 4.79 Å². The van der Waals surface area contributed by atoms with Crippen LogP contribution in [0.3, 0.4) is 0 Å². The van der Waals surface area contributed by atoms with E-state index in [2.05, 4.69) is 19.8 Å². The van der Waals surface area contributed by atoms with Crippen LogP contribution in [0.25, 0.3) is 0 Å². The number of nitrogens with zero attached hydrogens (tertiary/aromatic N) is 4. The third-order valence-electron chi connectivity index (χ3n) is 5.04. The Hall–Kier alpha value is -1.89. The summed E-state index contributed by atoms with van der Waals surface area (Å²) in [4.78, 5) is 24.1. The fourth-order valence-electron chi connectivity index (χ4n) is 3.43. The molecule has 126 valence electrons. The molecule has 0 aliphatic carbocycles. The van der Waals surface area contributed by atoms with Gasteiger partial charge in [-0.1, -0.05) is 0 Å². The number of aliphatic hydroxyl groups is 1. The van der Waals surface area contributed by atoms with Gasteiger partial charge in [0, 0.05) is 38.2 Å². The second kappa shape index (κ2) is 6.70. The van der Waals surface area contributed by atoms with Crippen LogP contribution in [0.5, 0.6) is 0 Å². The zero-order valence-corrected chi connectivity index (χ0v) is 13.4. The Balaban J connectivity index is 1.66. The maximum atomic E-state index is 11.0. The number of hydrogen-bond donors (Lipinski definition) is 2. The molecule has 0 saturated carbocycles. The smallest absolute Gasteiger partial charge is 0.306 e. The van der Waals surface area contributed by atoms with Crippen molar-refractivity contribution in [2.75, 3.05) is 36.0 Å². The minimum absolute atomic E-state index is 0.238. The number of carboxylic acids is 1. The van der Waals surface area contributed by atoms with Crippen molar-refractivity contribution in [1.82, 2.24) is 9.97 Å². The fraction of sp³-hybridized carbons (Fsp3) is 0.688. The summed E-state index contributed by atoms with van der Waals surface area (Å²) in [6.07, 6.45) is 3.56. The summed E-state index contributed by atoms with van der Waals surface area (Å²) >= 11 is 0. The second-order valence-corrected chi connectivity index (χ2v) is 6.57. The van der Waals surface area contributed by atoms with Crippen molar-refractivity contribution in [2.24, 2.45) is 11.8 Å². The first kappa shape index (κ1) is 16.0. The number of hydrogen-bond acceptors (Lipinski definition) is 6. The van der Waals surface area contributed by atoms with Crippen LogP contribution in [0.2, 0.25) is 0 Å². The molecule has 3 heterocycles. The van der Waals surface area contributed by atoms with Crippen molar-refractivity contribution >= 4 is 17.6 Å². The van der Waals surface area contributed by atoms with Gasteiger partial charge in [-0.15, -0.1) is 0 Å². The quantitative estimate of drug-likeness (QED) is 0.855. The van der Waals surface area contributed by atoms with E-state index in [-0.39, 0.29) is 12.0 Å². The number of anilines is 2. The third-order valence-corrected chi connectivity index (χ3v) is 5.04. The number of carboxylic acid groups (broad SMARTS) is 1. The molecule has 1 aromatic rings. The van der Waals surface area contributed by atoms with Crippen LogP contribution in [0.1, 0.15) is 26.2 Å². The molecule has 23 heavy (non-hydrogen) atoms. The molecule has 3 rings (SSSR count). The van der Waals surface area contributed by atoms with Crippen molar-refractivity contribution in [3.05, 3.63) is 12.4 Å². The Morgan fingerprint density at radius 1 is 1.17 bits per heavy atom. The van der Waals surface area contributed by atoms with E-state index < -0.39 is 5.97 Å². The van der Waals surface area contributed by atoms with Gasteiger partial charge in [0.25, 0.3) is 0 Å². The van der Waals surface area contributed by atoms with Crippen molar-refractivity contribution in [3.8, 4) is 0 Å². The van der Waals surface area contributed by atoms with E-state index in [0.29, 0.717) is 31.8 Å². The highest BCUT2D eigenvalue weighted by Gasteiger charge is 2.28. The predicted molar refractivity (Wildman–Crippen MR) is 86.6 cm³/mol. The van der Waals surface area contributed by atoms with E-state index in [1.54, 1.807) is 6.33 Å². The number of rotatable bonds is 4. The van der Waals surface area contributed by atoms with Crippen LogP contribution in [-0.4, -0.2) is 58.4 Å². The molecule has 7 heteroatoms. The van der Waals surface area contributed by atoms with Gasteiger partial charge in [-0.25, -0.2) is 9.97 Å². The minimum atomic E-state index is -0.700. The van der Waals surface area contributed by atoms with Crippen molar-refractivity contribution < 1.29 is 15.0 Å². The molecular weight excluding hydrogens is 296 g/mol. The lowest BCUT2D eigenvalue weighted by molar-refractivity contribution is -0.142. The van der Waals surface area contributed by atoms with Gasteiger partial charge in [-0.05, 0) is 26.2 Å². The summed E-state index contributed by atoms with van der Waals surface area (Å²) in [7, 11) is 0. The van der Waals surface area contributed by atoms with Gasteiger partial charge in [0.15, 0.2) is 0 Å². The average molecular weight is 320 g/mol. The van der Waals surface area contributed by atoms with E-state index in [4.69, 9.17) is 5.11 Å². The van der Waals surface area contributed by atoms with Crippen LogP contribution in [-0.2, 0) is 4.79 Å². The lowest BCUT2D eigenvalue weighted by Crippen LogP contribution is -2.37. The van der Waals surface area contributed by atoms with Gasteiger partial charge < -0.3 is 20.0 Å². The molecule has 0 radical (unpaired) electrons. The SMILES string of the molecule is CC(O)C1CCN(c2cc(N3CCC(C(=O)O)CC3)ncn2)C1. The van der Waals surface area contributed by atoms with Gasteiger partial charge >= 0.3 is 5.97 Å². The van der Waals surface area contributed by atoms with Gasteiger partial charge in [0.05, 0.1) is 12.0 Å². The monoisotopic (exact) mass is 320 g/mol. The summed E-state index contributed by atoms with van der Waals surface area (Å²) in [5.74, 6) is 1.10. The van der Waals surface area contributed by atoms with Crippen LogP contribution in [0, 0.1) is 11.8 Å². The van der Waals surface area contributed by atoms with E-state index in [9.17, 15) is 9.90 Å².